The Bertz CT molecular complexity index is 1870. The lowest BCUT2D eigenvalue weighted by Crippen LogP contribution is -2.44. The van der Waals surface area contributed by atoms with Gasteiger partial charge in [0.1, 0.15) is 17.5 Å². The molecule has 0 spiro atoms. The first-order valence-electron chi connectivity index (χ1n) is 17.0. The van der Waals surface area contributed by atoms with Crippen molar-refractivity contribution in [2.75, 3.05) is 0 Å². The molecule has 0 fully saturated rings. The van der Waals surface area contributed by atoms with E-state index in [2.05, 4.69) is 158 Å². The molecule has 4 heteroatoms. The Balaban J connectivity index is 1.34. The second kappa shape index (κ2) is 13.8. The second-order valence-corrected chi connectivity index (χ2v) is 12.9. The van der Waals surface area contributed by atoms with E-state index in [9.17, 15) is 0 Å². The maximum Gasteiger partial charge on any atom is 0.201 e. The highest BCUT2D eigenvalue weighted by molar-refractivity contribution is 6.07. The molecule has 0 aromatic heterocycles. The summed E-state index contributed by atoms with van der Waals surface area (Å²) < 4.78 is 14.4. The quantitative estimate of drug-likeness (QED) is 0.150. The van der Waals surface area contributed by atoms with Gasteiger partial charge < -0.3 is 9.47 Å². The van der Waals surface area contributed by atoms with Gasteiger partial charge in [-0.2, -0.15) is 0 Å². The molecular weight excluding hydrogens is 601 g/mol. The van der Waals surface area contributed by atoms with Crippen LogP contribution in [0.15, 0.2) is 192 Å². The maximum atomic E-state index is 7.21. The Morgan fingerprint density at radius 2 is 0.653 bits per heavy atom. The van der Waals surface area contributed by atoms with Crippen LogP contribution in [0, 0.1) is 5.41 Å². The Morgan fingerprint density at radius 1 is 0.367 bits per heavy atom. The van der Waals surface area contributed by atoms with E-state index in [-0.39, 0.29) is 24.3 Å². The predicted molar refractivity (Wildman–Crippen MR) is 196 cm³/mol. The van der Waals surface area contributed by atoms with Gasteiger partial charge in [-0.25, -0.2) is 9.98 Å². The molecular formula is C45H38N2O2. The Kier molecular flexibility index (Phi) is 8.60. The van der Waals surface area contributed by atoms with E-state index in [1.165, 1.54) is 0 Å². The molecule has 240 valence electrons. The van der Waals surface area contributed by atoms with E-state index in [1.54, 1.807) is 0 Å². The van der Waals surface area contributed by atoms with Crippen molar-refractivity contribution in [2.24, 2.45) is 15.4 Å². The minimum absolute atomic E-state index is 0.235. The molecule has 6 aromatic carbocycles. The van der Waals surface area contributed by atoms with Gasteiger partial charge in [0, 0.05) is 0 Å². The van der Waals surface area contributed by atoms with Gasteiger partial charge in [0.25, 0.3) is 0 Å². The van der Waals surface area contributed by atoms with Crippen molar-refractivity contribution in [3.05, 3.63) is 215 Å². The molecule has 0 bridgehead atoms. The molecule has 0 N–H and O–H groups in total. The molecule has 0 amide bonds. The van der Waals surface area contributed by atoms with Crippen LogP contribution >= 0.6 is 0 Å². The average Bonchev–Trinajstić information content (AvgIpc) is 3.84. The maximum absolute atomic E-state index is 7.21. The predicted octanol–water partition coefficient (Wildman–Crippen LogP) is 10.3. The van der Waals surface area contributed by atoms with Crippen molar-refractivity contribution >= 4 is 11.8 Å². The third kappa shape index (κ3) is 6.30. The molecule has 0 radical (unpaired) electrons. The van der Waals surface area contributed by atoms with Crippen molar-refractivity contribution in [3.8, 4) is 0 Å². The molecule has 0 saturated carbocycles. The topological polar surface area (TPSA) is 43.2 Å². The fourth-order valence-electron chi connectivity index (χ4n) is 7.22. The summed E-state index contributed by atoms with van der Waals surface area (Å²) in [5.74, 6) is 1.31. The van der Waals surface area contributed by atoms with Gasteiger partial charge >= 0.3 is 0 Å². The molecule has 4 unspecified atom stereocenters. The van der Waals surface area contributed by atoms with Gasteiger partial charge in [-0.3, -0.25) is 0 Å². The van der Waals surface area contributed by atoms with Gasteiger partial charge in [-0.15, -0.1) is 0 Å². The molecule has 2 aliphatic heterocycles. The lowest BCUT2D eigenvalue weighted by molar-refractivity contribution is 0.154. The Hall–Kier alpha value is -5.74. The summed E-state index contributed by atoms with van der Waals surface area (Å²) in [6.07, 6.45) is 0.599. The molecule has 0 aliphatic carbocycles. The van der Waals surface area contributed by atoms with Crippen molar-refractivity contribution in [1.29, 1.82) is 0 Å². The van der Waals surface area contributed by atoms with Crippen LogP contribution in [-0.2, 0) is 22.3 Å². The monoisotopic (exact) mass is 638 g/mol. The number of nitrogens with zero attached hydrogens (tertiary/aromatic N) is 2. The van der Waals surface area contributed by atoms with Crippen molar-refractivity contribution in [3.63, 3.8) is 0 Å². The zero-order valence-electron chi connectivity index (χ0n) is 27.3. The zero-order valence-corrected chi connectivity index (χ0v) is 27.3. The SMILES string of the molecule is c1ccc(CC(Cc2ccccc2)(C2=NC(c3ccccc3)C(c3ccccc3)O2)C2=NC(c3ccccc3)C(c3ccccc3)O2)cc1. The number of aliphatic imine (C=N–C) groups is 2. The third-order valence-corrected chi connectivity index (χ3v) is 9.62. The summed E-state index contributed by atoms with van der Waals surface area (Å²) in [5.41, 5.74) is 5.88. The van der Waals surface area contributed by atoms with Crippen molar-refractivity contribution < 1.29 is 9.47 Å². The Labute approximate surface area is 288 Å². The largest absolute Gasteiger partial charge is 0.469 e. The second-order valence-electron chi connectivity index (χ2n) is 12.9. The molecule has 6 aromatic rings. The molecule has 2 aliphatic rings. The van der Waals surface area contributed by atoms with Crippen LogP contribution < -0.4 is 0 Å². The molecule has 2 heterocycles. The highest BCUT2D eigenvalue weighted by atomic mass is 16.5. The number of ether oxygens (including phenoxy) is 2. The fraction of sp³-hybridized carbons (Fsp3) is 0.156. The zero-order chi connectivity index (χ0) is 32.9. The fourth-order valence-corrected chi connectivity index (χ4v) is 7.22. The van der Waals surface area contributed by atoms with Crippen LogP contribution in [0.4, 0.5) is 0 Å². The van der Waals surface area contributed by atoms with Gasteiger partial charge in [0.15, 0.2) is 12.2 Å². The van der Waals surface area contributed by atoms with Crippen LogP contribution in [-0.4, -0.2) is 11.8 Å². The molecule has 4 nitrogen and oxygen atoms in total. The lowest BCUT2D eigenvalue weighted by Gasteiger charge is -2.34. The summed E-state index contributed by atoms with van der Waals surface area (Å²) in [6, 6.07) is 62.6. The van der Waals surface area contributed by atoms with Crippen molar-refractivity contribution in [1.82, 2.24) is 0 Å². The summed E-state index contributed by atoms with van der Waals surface area (Å²) >= 11 is 0. The summed E-state index contributed by atoms with van der Waals surface area (Å²) in [5, 5.41) is 0. The van der Waals surface area contributed by atoms with E-state index in [0.717, 1.165) is 33.4 Å². The highest BCUT2D eigenvalue weighted by Crippen LogP contribution is 2.50. The van der Waals surface area contributed by atoms with Gasteiger partial charge in [-0.05, 0) is 46.2 Å². The average molecular weight is 639 g/mol. The van der Waals surface area contributed by atoms with Gasteiger partial charge in [0.05, 0.1) is 0 Å². The number of rotatable bonds is 10. The summed E-state index contributed by atoms with van der Waals surface area (Å²) in [6.45, 7) is 0. The molecule has 4 atom stereocenters. The van der Waals surface area contributed by atoms with Gasteiger partial charge in [-0.1, -0.05) is 182 Å². The van der Waals surface area contributed by atoms with E-state index >= 15 is 0 Å². The lowest BCUT2D eigenvalue weighted by atomic mass is 9.75. The standard InChI is InChI=1S/C45H38N2O2/c1-7-19-33(20-8-1)31-45(32-34-21-9-2-10-22-34,43-46-39(35-23-11-3-12-24-35)41(48-43)37-27-15-5-16-28-37)44-47-40(36-25-13-4-14-26-36)42(49-44)38-29-17-6-18-30-38/h1-30,39-42H,31-32H2. The van der Waals surface area contributed by atoms with Crippen LogP contribution in [0.25, 0.3) is 0 Å². The first-order chi connectivity index (χ1) is 24.3. The van der Waals surface area contributed by atoms with Crippen LogP contribution in [0.1, 0.15) is 57.7 Å². The highest BCUT2D eigenvalue weighted by Gasteiger charge is 2.53. The van der Waals surface area contributed by atoms with E-state index in [1.807, 2.05) is 24.3 Å². The summed E-state index contributed by atoms with van der Waals surface area (Å²) in [4.78, 5) is 11.1. The van der Waals surface area contributed by atoms with E-state index in [4.69, 9.17) is 19.5 Å². The van der Waals surface area contributed by atoms with Crippen LogP contribution in [0.2, 0.25) is 0 Å². The minimum atomic E-state index is -0.837. The first kappa shape index (κ1) is 30.6. The number of hydrogen-bond donors (Lipinski definition) is 0. The first-order valence-corrected chi connectivity index (χ1v) is 17.0. The van der Waals surface area contributed by atoms with E-state index < -0.39 is 5.41 Å². The molecule has 8 rings (SSSR count). The molecule has 49 heavy (non-hydrogen) atoms. The summed E-state index contributed by atoms with van der Waals surface area (Å²) in [7, 11) is 0. The Morgan fingerprint density at radius 3 is 0.980 bits per heavy atom. The van der Waals surface area contributed by atoms with Crippen LogP contribution in [0.5, 0.6) is 0 Å². The van der Waals surface area contributed by atoms with Gasteiger partial charge in [0.2, 0.25) is 11.8 Å². The van der Waals surface area contributed by atoms with Crippen LogP contribution in [0.3, 0.4) is 0 Å². The third-order valence-electron chi connectivity index (χ3n) is 9.62. The molecule has 0 saturated heterocycles. The normalized spacial score (nSPS) is 20.2. The number of benzene rings is 6. The number of hydrogen-bond acceptors (Lipinski definition) is 4. The smallest absolute Gasteiger partial charge is 0.201 e. The van der Waals surface area contributed by atoms with E-state index in [0.29, 0.717) is 24.6 Å². The van der Waals surface area contributed by atoms with Crippen molar-refractivity contribution in [2.45, 2.75) is 37.1 Å². The minimum Gasteiger partial charge on any atom is -0.469 e.